The molecule has 0 nitrogen and oxygen atoms in total. The van der Waals surface area contributed by atoms with Crippen LogP contribution >= 0.6 is 22.7 Å². The van der Waals surface area contributed by atoms with E-state index in [1.807, 2.05) is 0 Å². The van der Waals surface area contributed by atoms with Crippen LogP contribution in [-0.4, -0.2) is 0 Å². The fourth-order valence-electron chi connectivity index (χ4n) is 3.85. The molecule has 2 aromatic heterocycles. The van der Waals surface area contributed by atoms with Crippen LogP contribution in [0.2, 0.25) is 0 Å². The van der Waals surface area contributed by atoms with Crippen molar-refractivity contribution in [1.82, 2.24) is 0 Å². The van der Waals surface area contributed by atoms with Gasteiger partial charge in [-0.05, 0) is 88.5 Å². The summed E-state index contributed by atoms with van der Waals surface area (Å²) in [6.45, 7) is 13.1. The molecule has 0 bridgehead atoms. The van der Waals surface area contributed by atoms with Crippen LogP contribution in [0, 0.1) is 61.2 Å². The van der Waals surface area contributed by atoms with Crippen molar-refractivity contribution in [2.75, 3.05) is 0 Å². The fourth-order valence-corrected chi connectivity index (χ4v) is 5.30. The van der Waals surface area contributed by atoms with Crippen molar-refractivity contribution >= 4 is 22.7 Å². The van der Waals surface area contributed by atoms with E-state index in [4.69, 9.17) is 0 Å². The molecule has 38 heavy (non-hydrogen) atoms. The third kappa shape index (κ3) is 11.7. The smallest absolute Gasteiger partial charge is 0.0774 e. The molecule has 2 heterocycles. The summed E-state index contributed by atoms with van der Waals surface area (Å²) >= 11 is 3.50. The van der Waals surface area contributed by atoms with Crippen molar-refractivity contribution in [3.8, 4) is 47.4 Å². The molecule has 0 N–H and O–H groups in total. The van der Waals surface area contributed by atoms with Crippen molar-refractivity contribution in [3.63, 3.8) is 0 Å². The molecule has 0 unspecified atom stereocenters. The molecule has 0 atom stereocenters. The number of rotatable bonds is 10. The zero-order valence-corrected chi connectivity index (χ0v) is 25.8. The van der Waals surface area contributed by atoms with Crippen molar-refractivity contribution in [2.45, 2.75) is 106 Å². The minimum absolute atomic E-state index is 0.957. The highest BCUT2D eigenvalue weighted by atomic mass is 32.1. The minimum atomic E-state index is 0.957. The van der Waals surface area contributed by atoms with Gasteiger partial charge < -0.3 is 0 Å². The molecular weight excluding hydrogens is 497 g/mol. The maximum absolute atomic E-state index is 3.47. The third-order valence-electron chi connectivity index (χ3n) is 5.93. The molecule has 0 saturated heterocycles. The number of thiophene rings is 2. The molecule has 2 heteroatoms. The zero-order chi connectivity index (χ0) is 27.6. The summed E-state index contributed by atoms with van der Waals surface area (Å²) in [7, 11) is 0. The summed E-state index contributed by atoms with van der Waals surface area (Å²) in [5.74, 6) is 27.0. The minimum Gasteiger partial charge on any atom is -0.132 e. The van der Waals surface area contributed by atoms with E-state index in [0.29, 0.717) is 0 Å². The van der Waals surface area contributed by atoms with E-state index in [2.05, 4.69) is 113 Å². The Morgan fingerprint density at radius 2 is 0.921 bits per heavy atom. The molecule has 0 spiro atoms. The molecule has 0 aromatic carbocycles. The Labute approximate surface area is 241 Å². The van der Waals surface area contributed by atoms with Gasteiger partial charge in [0.2, 0.25) is 0 Å². The highest BCUT2D eigenvalue weighted by Gasteiger charge is 2.04. The molecule has 0 radical (unpaired) electrons. The lowest BCUT2D eigenvalue weighted by molar-refractivity contribution is 0.789. The largest absolute Gasteiger partial charge is 0.132 e. The standard InChI is InChI=1S/C36H42S2/c1-7-11-17-33(31(15-9-3)23-27-35-25-21-29(5)37-35)19-13-14-20-34(18-12-8-2)32(16-10-4)24-28-36-26-22-30(6)38-36/h21-22,25-26H,7-12,15-18H2,1-6H3/b33-31+,34-32+. The first kappa shape index (κ1) is 31.3. The van der Waals surface area contributed by atoms with Gasteiger partial charge in [-0.15, -0.1) is 22.7 Å². The maximum Gasteiger partial charge on any atom is 0.0774 e. The highest BCUT2D eigenvalue weighted by Crippen LogP contribution is 2.20. The van der Waals surface area contributed by atoms with Gasteiger partial charge in [-0.3, -0.25) is 0 Å². The van der Waals surface area contributed by atoms with Crippen molar-refractivity contribution in [3.05, 3.63) is 66.1 Å². The Morgan fingerprint density at radius 3 is 1.24 bits per heavy atom. The molecule has 2 rings (SSSR count). The summed E-state index contributed by atoms with van der Waals surface area (Å²) in [6, 6.07) is 8.49. The van der Waals surface area contributed by atoms with E-state index in [0.717, 1.165) is 85.1 Å². The van der Waals surface area contributed by atoms with E-state index in [1.165, 1.54) is 20.9 Å². The Bertz CT molecular complexity index is 1230. The van der Waals surface area contributed by atoms with Gasteiger partial charge in [-0.2, -0.15) is 0 Å². The van der Waals surface area contributed by atoms with Gasteiger partial charge in [0, 0.05) is 32.0 Å². The quantitative estimate of drug-likeness (QED) is 0.264. The van der Waals surface area contributed by atoms with Gasteiger partial charge in [0.25, 0.3) is 0 Å². The number of allylic oxidation sites excluding steroid dienone is 4. The number of aryl methyl sites for hydroxylation is 2. The predicted octanol–water partition coefficient (Wildman–Crippen LogP) is 10.4. The Kier molecular flexibility index (Phi) is 15.2. The fraction of sp³-hybridized carbons (Fsp3) is 0.444. The molecule has 0 fully saturated rings. The van der Waals surface area contributed by atoms with Gasteiger partial charge in [-0.25, -0.2) is 0 Å². The first-order valence-electron chi connectivity index (χ1n) is 14.1. The van der Waals surface area contributed by atoms with E-state index >= 15 is 0 Å². The van der Waals surface area contributed by atoms with E-state index < -0.39 is 0 Å². The second-order valence-corrected chi connectivity index (χ2v) is 12.0. The predicted molar refractivity (Wildman–Crippen MR) is 170 cm³/mol. The summed E-state index contributed by atoms with van der Waals surface area (Å²) < 4.78 is 0. The van der Waals surface area contributed by atoms with Gasteiger partial charge in [0.1, 0.15) is 0 Å². The Hall–Kier alpha value is -2.88. The Balaban J connectivity index is 2.46. The number of unbranched alkanes of at least 4 members (excludes halogenated alkanes) is 2. The van der Waals surface area contributed by atoms with Gasteiger partial charge >= 0.3 is 0 Å². The van der Waals surface area contributed by atoms with Crippen LogP contribution in [0.3, 0.4) is 0 Å². The molecule has 0 aliphatic rings. The summed E-state index contributed by atoms with van der Waals surface area (Å²) in [5.41, 5.74) is 4.66. The lowest BCUT2D eigenvalue weighted by atomic mass is 9.98. The van der Waals surface area contributed by atoms with E-state index in [-0.39, 0.29) is 0 Å². The molecule has 0 saturated carbocycles. The second-order valence-electron chi connectivity index (χ2n) is 9.44. The highest BCUT2D eigenvalue weighted by molar-refractivity contribution is 7.12. The molecule has 0 amide bonds. The topological polar surface area (TPSA) is 0 Å². The van der Waals surface area contributed by atoms with E-state index in [1.54, 1.807) is 22.7 Å². The molecule has 0 aliphatic heterocycles. The molecule has 198 valence electrons. The van der Waals surface area contributed by atoms with Gasteiger partial charge in [-0.1, -0.05) is 88.9 Å². The SMILES string of the molecule is CCCC/C(C#CC#C/C(CCCC)=C(/C#Cc1ccc(C)s1)CCC)=C(\C#Cc1ccc(C)s1)CCC. The normalized spacial score (nSPS) is 11.4. The van der Waals surface area contributed by atoms with Crippen LogP contribution in [0.4, 0.5) is 0 Å². The van der Waals surface area contributed by atoms with Gasteiger partial charge in [0.05, 0.1) is 9.75 Å². The lowest BCUT2D eigenvalue weighted by Gasteiger charge is -2.05. The first-order valence-corrected chi connectivity index (χ1v) is 15.8. The number of hydrogen-bond donors (Lipinski definition) is 0. The maximum atomic E-state index is 3.47. The average molecular weight is 539 g/mol. The van der Waals surface area contributed by atoms with Crippen molar-refractivity contribution < 1.29 is 0 Å². The summed E-state index contributed by atoms with van der Waals surface area (Å²) in [6.07, 6.45) is 10.5. The second kappa shape index (κ2) is 18.4. The Morgan fingerprint density at radius 1 is 0.526 bits per heavy atom. The lowest BCUT2D eigenvalue weighted by Crippen LogP contribution is -1.91. The third-order valence-corrected chi connectivity index (χ3v) is 7.76. The van der Waals surface area contributed by atoms with Crippen molar-refractivity contribution in [2.24, 2.45) is 0 Å². The molecule has 0 aliphatic carbocycles. The molecular formula is C36H42S2. The zero-order valence-electron chi connectivity index (χ0n) is 24.2. The summed E-state index contributed by atoms with van der Waals surface area (Å²) in [4.78, 5) is 4.82. The van der Waals surface area contributed by atoms with Crippen LogP contribution in [0.5, 0.6) is 0 Å². The van der Waals surface area contributed by atoms with Gasteiger partial charge in [0.15, 0.2) is 0 Å². The van der Waals surface area contributed by atoms with Crippen molar-refractivity contribution in [1.29, 1.82) is 0 Å². The van der Waals surface area contributed by atoms with Crippen LogP contribution in [0.1, 0.15) is 111 Å². The first-order chi connectivity index (χ1) is 18.5. The van der Waals surface area contributed by atoms with Crippen LogP contribution in [-0.2, 0) is 0 Å². The van der Waals surface area contributed by atoms with Crippen LogP contribution in [0.15, 0.2) is 46.6 Å². The van der Waals surface area contributed by atoms with Crippen LogP contribution in [0.25, 0.3) is 0 Å². The van der Waals surface area contributed by atoms with Crippen LogP contribution < -0.4 is 0 Å². The number of hydrogen-bond acceptors (Lipinski definition) is 2. The average Bonchev–Trinajstić information content (AvgIpc) is 3.53. The molecule has 2 aromatic rings. The summed E-state index contributed by atoms with van der Waals surface area (Å²) in [5, 5.41) is 0. The van der Waals surface area contributed by atoms with E-state index in [9.17, 15) is 0 Å². The monoisotopic (exact) mass is 538 g/mol.